The Balaban J connectivity index is 1.80. The third-order valence-electron chi connectivity index (χ3n) is 2.77. The zero-order chi connectivity index (χ0) is 15.9. The van der Waals surface area contributed by atoms with E-state index >= 15 is 0 Å². The third-order valence-corrected chi connectivity index (χ3v) is 3.62. The number of carbonyl (C=O) groups is 2. The molecule has 6 heteroatoms. The summed E-state index contributed by atoms with van der Waals surface area (Å²) in [7, 11) is 0. The standard InChI is InChI=1S/C16H13BrClNO3/c17-13-10-12(18)6-7-14(13)22-15(20)8-9-19-16(21)11-4-2-1-3-5-11/h1-7,10H,8-9H2,(H,19,21). The van der Waals surface area contributed by atoms with Gasteiger partial charge in [-0.05, 0) is 46.3 Å². The molecule has 0 bridgehead atoms. The van der Waals surface area contributed by atoms with Gasteiger partial charge in [-0.3, -0.25) is 9.59 Å². The summed E-state index contributed by atoms with van der Waals surface area (Å²) in [6.45, 7) is 0.206. The van der Waals surface area contributed by atoms with Crippen molar-refractivity contribution in [2.75, 3.05) is 6.54 Å². The molecule has 2 aromatic rings. The smallest absolute Gasteiger partial charge is 0.313 e. The Morgan fingerprint density at radius 3 is 2.55 bits per heavy atom. The molecule has 0 radical (unpaired) electrons. The SMILES string of the molecule is O=C(CCNC(=O)c1ccccc1)Oc1ccc(Cl)cc1Br. The first kappa shape index (κ1) is 16.5. The fraction of sp³-hybridized carbons (Fsp3) is 0.125. The molecular weight excluding hydrogens is 370 g/mol. The van der Waals surface area contributed by atoms with Crippen molar-refractivity contribution < 1.29 is 14.3 Å². The molecule has 0 spiro atoms. The summed E-state index contributed by atoms with van der Waals surface area (Å²) in [5.41, 5.74) is 0.552. The maximum absolute atomic E-state index is 11.8. The zero-order valence-corrected chi connectivity index (χ0v) is 13.9. The molecule has 0 saturated carbocycles. The highest BCUT2D eigenvalue weighted by Crippen LogP contribution is 2.28. The lowest BCUT2D eigenvalue weighted by Gasteiger charge is -2.07. The zero-order valence-electron chi connectivity index (χ0n) is 11.5. The highest BCUT2D eigenvalue weighted by atomic mass is 79.9. The molecule has 1 amide bonds. The normalized spacial score (nSPS) is 10.1. The van der Waals surface area contributed by atoms with Gasteiger partial charge >= 0.3 is 5.97 Å². The van der Waals surface area contributed by atoms with Gasteiger partial charge in [0.25, 0.3) is 5.91 Å². The fourth-order valence-electron chi connectivity index (χ4n) is 1.70. The van der Waals surface area contributed by atoms with E-state index in [-0.39, 0.29) is 18.9 Å². The average Bonchev–Trinajstić information content (AvgIpc) is 2.51. The van der Waals surface area contributed by atoms with Crippen LogP contribution < -0.4 is 10.1 Å². The van der Waals surface area contributed by atoms with Gasteiger partial charge in [0.15, 0.2) is 0 Å². The van der Waals surface area contributed by atoms with Crippen molar-refractivity contribution in [2.24, 2.45) is 0 Å². The lowest BCUT2D eigenvalue weighted by molar-refractivity contribution is -0.134. The molecule has 0 aromatic heterocycles. The molecule has 1 N–H and O–H groups in total. The number of amides is 1. The van der Waals surface area contributed by atoms with Gasteiger partial charge in [-0.25, -0.2) is 0 Å². The van der Waals surface area contributed by atoms with E-state index in [1.807, 2.05) is 6.07 Å². The van der Waals surface area contributed by atoms with E-state index in [4.69, 9.17) is 16.3 Å². The van der Waals surface area contributed by atoms with Crippen LogP contribution >= 0.6 is 27.5 Å². The van der Waals surface area contributed by atoms with Crippen LogP contribution in [0.25, 0.3) is 0 Å². The minimum absolute atomic E-state index is 0.0770. The molecule has 114 valence electrons. The number of hydrogen-bond donors (Lipinski definition) is 1. The Bertz CT molecular complexity index is 676. The Morgan fingerprint density at radius 2 is 1.86 bits per heavy atom. The van der Waals surface area contributed by atoms with Crippen molar-refractivity contribution in [1.29, 1.82) is 0 Å². The van der Waals surface area contributed by atoms with Crippen LogP contribution in [0.4, 0.5) is 0 Å². The first-order valence-electron chi connectivity index (χ1n) is 6.55. The van der Waals surface area contributed by atoms with Crippen LogP contribution in [0.3, 0.4) is 0 Å². The second-order valence-electron chi connectivity index (χ2n) is 4.42. The predicted molar refractivity (Wildman–Crippen MR) is 88.2 cm³/mol. The number of carbonyl (C=O) groups excluding carboxylic acids is 2. The number of hydrogen-bond acceptors (Lipinski definition) is 3. The van der Waals surface area contributed by atoms with Crippen molar-refractivity contribution in [1.82, 2.24) is 5.32 Å². The number of halogens is 2. The second kappa shape index (κ2) is 7.96. The minimum atomic E-state index is -0.434. The molecule has 4 nitrogen and oxygen atoms in total. The predicted octanol–water partition coefficient (Wildman–Crippen LogP) is 3.83. The minimum Gasteiger partial charge on any atom is -0.425 e. The van der Waals surface area contributed by atoms with Gasteiger partial charge in [0, 0.05) is 17.1 Å². The van der Waals surface area contributed by atoms with Crippen molar-refractivity contribution in [3.8, 4) is 5.75 Å². The lowest BCUT2D eigenvalue weighted by Crippen LogP contribution is -2.27. The van der Waals surface area contributed by atoms with Gasteiger partial charge in [-0.2, -0.15) is 0 Å². The summed E-state index contributed by atoms with van der Waals surface area (Å²) in [4.78, 5) is 23.5. The van der Waals surface area contributed by atoms with Crippen LogP contribution in [0, 0.1) is 0 Å². The number of rotatable bonds is 5. The van der Waals surface area contributed by atoms with E-state index in [1.165, 1.54) is 0 Å². The van der Waals surface area contributed by atoms with Crippen LogP contribution in [-0.4, -0.2) is 18.4 Å². The highest BCUT2D eigenvalue weighted by Gasteiger charge is 2.10. The summed E-state index contributed by atoms with van der Waals surface area (Å²) >= 11 is 9.08. The van der Waals surface area contributed by atoms with Crippen LogP contribution in [0.15, 0.2) is 53.0 Å². The number of benzene rings is 2. The van der Waals surface area contributed by atoms with Crippen LogP contribution in [-0.2, 0) is 4.79 Å². The molecule has 2 rings (SSSR count). The molecule has 0 fully saturated rings. The lowest BCUT2D eigenvalue weighted by atomic mass is 10.2. The van der Waals surface area contributed by atoms with Crippen LogP contribution in [0.5, 0.6) is 5.75 Å². The van der Waals surface area contributed by atoms with Gasteiger partial charge < -0.3 is 10.1 Å². The third kappa shape index (κ3) is 4.86. The average molecular weight is 383 g/mol. The quantitative estimate of drug-likeness (QED) is 0.631. The Labute approximate surface area is 141 Å². The molecule has 0 aliphatic carbocycles. The summed E-state index contributed by atoms with van der Waals surface area (Å²) in [5.74, 6) is -0.263. The van der Waals surface area contributed by atoms with E-state index in [2.05, 4.69) is 21.2 Å². The molecular formula is C16H13BrClNO3. The van der Waals surface area contributed by atoms with E-state index in [9.17, 15) is 9.59 Å². The molecule has 0 aliphatic heterocycles. The van der Waals surface area contributed by atoms with E-state index in [0.717, 1.165) is 0 Å². The van der Waals surface area contributed by atoms with E-state index in [0.29, 0.717) is 20.8 Å². The van der Waals surface area contributed by atoms with Gasteiger partial charge in [0.05, 0.1) is 10.9 Å². The first-order chi connectivity index (χ1) is 10.6. The maximum Gasteiger partial charge on any atom is 0.313 e. The molecule has 22 heavy (non-hydrogen) atoms. The van der Waals surface area contributed by atoms with E-state index in [1.54, 1.807) is 42.5 Å². The van der Waals surface area contributed by atoms with Crippen LogP contribution in [0.2, 0.25) is 5.02 Å². The van der Waals surface area contributed by atoms with Crippen molar-refractivity contribution in [3.63, 3.8) is 0 Å². The Kier molecular flexibility index (Phi) is 5.98. The summed E-state index contributed by atoms with van der Waals surface area (Å²) in [6.07, 6.45) is 0.0770. The monoisotopic (exact) mass is 381 g/mol. The second-order valence-corrected chi connectivity index (χ2v) is 5.71. The van der Waals surface area contributed by atoms with Gasteiger partial charge in [-0.1, -0.05) is 29.8 Å². The number of nitrogens with one attached hydrogen (secondary N) is 1. The summed E-state index contributed by atoms with van der Waals surface area (Å²) in [6, 6.07) is 13.7. The molecule has 2 aromatic carbocycles. The van der Waals surface area contributed by atoms with E-state index < -0.39 is 5.97 Å². The molecule has 0 saturated heterocycles. The topological polar surface area (TPSA) is 55.4 Å². The maximum atomic E-state index is 11.8. The molecule has 0 atom stereocenters. The van der Waals surface area contributed by atoms with Crippen molar-refractivity contribution in [3.05, 3.63) is 63.6 Å². The van der Waals surface area contributed by atoms with Gasteiger partial charge in [-0.15, -0.1) is 0 Å². The van der Waals surface area contributed by atoms with Crippen molar-refractivity contribution in [2.45, 2.75) is 6.42 Å². The van der Waals surface area contributed by atoms with Crippen LogP contribution in [0.1, 0.15) is 16.8 Å². The number of esters is 1. The molecule has 0 heterocycles. The first-order valence-corrected chi connectivity index (χ1v) is 7.72. The fourth-order valence-corrected chi connectivity index (χ4v) is 2.46. The molecule has 0 aliphatic rings. The molecule has 0 unspecified atom stereocenters. The Morgan fingerprint density at radius 1 is 1.14 bits per heavy atom. The summed E-state index contributed by atoms with van der Waals surface area (Å²) < 4.78 is 5.79. The number of ether oxygens (including phenoxy) is 1. The highest BCUT2D eigenvalue weighted by molar-refractivity contribution is 9.10. The van der Waals surface area contributed by atoms with Gasteiger partial charge in [0.2, 0.25) is 0 Å². The largest absolute Gasteiger partial charge is 0.425 e. The van der Waals surface area contributed by atoms with Gasteiger partial charge in [0.1, 0.15) is 5.75 Å². The van der Waals surface area contributed by atoms with Crippen molar-refractivity contribution >= 4 is 39.4 Å². The summed E-state index contributed by atoms with van der Waals surface area (Å²) in [5, 5.41) is 3.21. The Hall–Kier alpha value is -1.85.